The average Bonchev–Trinajstić information content (AvgIpc) is 3.25. The smallest absolute Gasteiger partial charge is 0.220 e. The van der Waals surface area contributed by atoms with Crippen LogP contribution in [-0.2, 0) is 4.79 Å². The molecular weight excluding hydrogens is 376 g/mol. The zero-order chi connectivity index (χ0) is 21.3. The van der Waals surface area contributed by atoms with Crippen LogP contribution in [0.5, 0.6) is 5.75 Å². The Morgan fingerprint density at radius 2 is 1.93 bits per heavy atom. The average molecular weight is 411 g/mol. The van der Waals surface area contributed by atoms with Crippen molar-refractivity contribution in [3.8, 4) is 5.75 Å². The van der Waals surface area contributed by atoms with Crippen LogP contribution in [0.15, 0.2) is 60.7 Å². The lowest BCUT2D eigenvalue weighted by Gasteiger charge is -2.29. The number of amides is 1. The van der Waals surface area contributed by atoms with Gasteiger partial charge in [-0.1, -0.05) is 48.6 Å². The topological polar surface area (TPSA) is 72.8 Å². The summed E-state index contributed by atoms with van der Waals surface area (Å²) in [5.41, 5.74) is 1.74. The molecule has 0 aromatic heterocycles. The van der Waals surface area contributed by atoms with Crippen molar-refractivity contribution >= 4 is 5.91 Å². The molecule has 5 heteroatoms. The molecule has 1 saturated heterocycles. The molecule has 3 rings (SSSR count). The lowest BCUT2D eigenvalue weighted by atomic mass is 9.91. The van der Waals surface area contributed by atoms with Crippen molar-refractivity contribution in [1.29, 1.82) is 0 Å². The van der Waals surface area contributed by atoms with Crippen LogP contribution >= 0.6 is 0 Å². The second-order valence-electron chi connectivity index (χ2n) is 8.52. The summed E-state index contributed by atoms with van der Waals surface area (Å²) in [7, 11) is 0. The van der Waals surface area contributed by atoms with Crippen molar-refractivity contribution < 1.29 is 15.0 Å². The fraction of sp³-hybridized carbons (Fsp3) is 0.480. The van der Waals surface area contributed by atoms with Crippen LogP contribution in [-0.4, -0.2) is 46.7 Å². The molecule has 162 valence electrons. The van der Waals surface area contributed by atoms with Gasteiger partial charge in [0, 0.05) is 13.0 Å². The van der Waals surface area contributed by atoms with E-state index in [1.807, 2.05) is 18.2 Å². The minimum absolute atomic E-state index is 0.0259. The Morgan fingerprint density at radius 3 is 2.67 bits per heavy atom. The number of nitrogens with one attached hydrogen (secondary N) is 1. The molecule has 3 atom stereocenters. The number of aliphatic hydroxyl groups excluding tert-OH is 1. The van der Waals surface area contributed by atoms with Gasteiger partial charge in [0.15, 0.2) is 0 Å². The van der Waals surface area contributed by atoms with Gasteiger partial charge in [-0.05, 0) is 68.8 Å². The van der Waals surface area contributed by atoms with E-state index in [0.717, 1.165) is 50.8 Å². The fourth-order valence-electron chi connectivity index (χ4n) is 4.31. The largest absolute Gasteiger partial charge is 0.508 e. The van der Waals surface area contributed by atoms with Crippen molar-refractivity contribution in [2.75, 3.05) is 19.6 Å². The zero-order valence-electron chi connectivity index (χ0n) is 17.7. The Kier molecular flexibility index (Phi) is 8.29. The van der Waals surface area contributed by atoms with Crippen molar-refractivity contribution in [3.63, 3.8) is 0 Å². The van der Waals surface area contributed by atoms with Crippen molar-refractivity contribution in [2.24, 2.45) is 5.92 Å². The highest BCUT2D eigenvalue weighted by atomic mass is 16.3. The first-order chi connectivity index (χ1) is 14.5. The number of carbonyl (C=O) groups excluding carboxylic acids is 1. The number of phenols is 1. The number of benzene rings is 1. The van der Waals surface area contributed by atoms with E-state index in [0.29, 0.717) is 18.5 Å². The third kappa shape index (κ3) is 6.85. The molecule has 1 unspecified atom stereocenters. The SMILES string of the molecule is C=C1/C=C\C=C/CCC(CC(=O)N[C@H](CN2CCCC2)[C@H](O)c2ccc(O)cc2)C1. The third-order valence-electron chi connectivity index (χ3n) is 5.96. The molecule has 5 nitrogen and oxygen atoms in total. The maximum Gasteiger partial charge on any atom is 0.220 e. The first-order valence-corrected chi connectivity index (χ1v) is 11.0. The highest BCUT2D eigenvalue weighted by molar-refractivity contribution is 5.76. The third-order valence-corrected chi connectivity index (χ3v) is 5.96. The molecule has 1 aliphatic carbocycles. The van der Waals surface area contributed by atoms with Crippen LogP contribution in [0.3, 0.4) is 0 Å². The Bertz CT molecular complexity index is 763. The van der Waals surface area contributed by atoms with E-state index >= 15 is 0 Å². The number of hydrogen-bond donors (Lipinski definition) is 3. The van der Waals surface area contributed by atoms with Gasteiger partial charge in [0.2, 0.25) is 5.91 Å². The molecule has 30 heavy (non-hydrogen) atoms. The Hall–Kier alpha value is -2.37. The minimum Gasteiger partial charge on any atom is -0.508 e. The van der Waals surface area contributed by atoms with E-state index in [1.54, 1.807) is 24.3 Å². The summed E-state index contributed by atoms with van der Waals surface area (Å²) in [6.45, 7) is 6.71. The van der Waals surface area contributed by atoms with Crippen molar-refractivity contribution in [2.45, 2.75) is 50.7 Å². The summed E-state index contributed by atoms with van der Waals surface area (Å²) in [5, 5.41) is 23.6. The number of allylic oxidation sites excluding steroid dienone is 5. The molecule has 1 amide bonds. The maximum absolute atomic E-state index is 12.9. The van der Waals surface area contributed by atoms with Gasteiger partial charge in [0.1, 0.15) is 11.9 Å². The number of aliphatic hydroxyl groups is 1. The van der Waals surface area contributed by atoms with E-state index in [4.69, 9.17) is 0 Å². The molecule has 0 radical (unpaired) electrons. The fourth-order valence-corrected chi connectivity index (χ4v) is 4.31. The second-order valence-corrected chi connectivity index (χ2v) is 8.52. The molecule has 2 aliphatic rings. The predicted octanol–water partition coefficient (Wildman–Crippen LogP) is 3.87. The van der Waals surface area contributed by atoms with Crippen LogP contribution in [0.1, 0.15) is 50.2 Å². The summed E-state index contributed by atoms with van der Waals surface area (Å²) < 4.78 is 0. The molecule has 3 N–H and O–H groups in total. The molecule has 1 fully saturated rings. The number of likely N-dealkylation sites (tertiary alicyclic amines) is 1. The van der Waals surface area contributed by atoms with Crippen LogP contribution in [0.4, 0.5) is 0 Å². The van der Waals surface area contributed by atoms with Crippen LogP contribution in [0.2, 0.25) is 0 Å². The number of nitrogens with zero attached hydrogens (tertiary/aromatic N) is 1. The van der Waals surface area contributed by atoms with Gasteiger partial charge < -0.3 is 20.4 Å². The Balaban J connectivity index is 1.65. The number of rotatable bonds is 7. The normalized spacial score (nSPS) is 24.3. The maximum atomic E-state index is 12.9. The lowest BCUT2D eigenvalue weighted by Crippen LogP contribution is -2.47. The molecule has 1 heterocycles. The molecular formula is C25H34N2O3. The Morgan fingerprint density at radius 1 is 1.20 bits per heavy atom. The summed E-state index contributed by atoms with van der Waals surface area (Å²) in [5.74, 6) is 0.375. The molecule has 1 aliphatic heterocycles. The second kappa shape index (κ2) is 11.1. The van der Waals surface area contributed by atoms with E-state index in [1.165, 1.54) is 0 Å². The summed E-state index contributed by atoms with van der Waals surface area (Å²) in [6, 6.07) is 6.17. The highest BCUT2D eigenvalue weighted by Gasteiger charge is 2.27. The standard InChI is InChI=1S/C25H34N2O3/c1-19-8-4-2-3-5-9-20(16-19)17-24(29)26-23(18-27-14-6-7-15-27)25(30)21-10-12-22(28)13-11-21/h2-4,8,10-13,20,23,25,28,30H,1,5-7,9,14-18H2,(H,26,29)/b3-2-,8-4-/t20?,23-,25-/m1/s1. The van der Waals surface area contributed by atoms with E-state index < -0.39 is 6.10 Å². The van der Waals surface area contributed by atoms with Gasteiger partial charge in [0.05, 0.1) is 6.04 Å². The van der Waals surface area contributed by atoms with Gasteiger partial charge >= 0.3 is 0 Å². The molecule has 0 bridgehead atoms. The summed E-state index contributed by atoms with van der Waals surface area (Å²) in [4.78, 5) is 15.2. The molecule has 0 spiro atoms. The number of phenolic OH excluding ortho intramolecular Hbond substituents is 1. The minimum atomic E-state index is -0.823. The lowest BCUT2D eigenvalue weighted by molar-refractivity contribution is -0.123. The van der Waals surface area contributed by atoms with Crippen molar-refractivity contribution in [3.05, 3.63) is 66.3 Å². The zero-order valence-corrected chi connectivity index (χ0v) is 17.7. The van der Waals surface area contributed by atoms with Crippen molar-refractivity contribution in [1.82, 2.24) is 10.2 Å². The molecule has 1 aromatic carbocycles. The first-order valence-electron chi connectivity index (χ1n) is 11.0. The van der Waals surface area contributed by atoms with E-state index in [-0.39, 0.29) is 23.6 Å². The van der Waals surface area contributed by atoms with Crippen LogP contribution in [0, 0.1) is 5.92 Å². The van der Waals surface area contributed by atoms with Gasteiger partial charge in [0.25, 0.3) is 0 Å². The highest BCUT2D eigenvalue weighted by Crippen LogP contribution is 2.24. The van der Waals surface area contributed by atoms with Crippen LogP contribution < -0.4 is 5.32 Å². The van der Waals surface area contributed by atoms with Gasteiger partial charge in [-0.2, -0.15) is 0 Å². The quantitative estimate of drug-likeness (QED) is 0.638. The molecule has 1 aromatic rings. The number of carbonyl (C=O) groups is 1. The number of aromatic hydroxyl groups is 1. The Labute approximate surface area is 179 Å². The van der Waals surface area contributed by atoms with Gasteiger partial charge in [-0.15, -0.1) is 0 Å². The van der Waals surface area contributed by atoms with Gasteiger partial charge in [-0.3, -0.25) is 4.79 Å². The van der Waals surface area contributed by atoms with Gasteiger partial charge in [-0.25, -0.2) is 0 Å². The van der Waals surface area contributed by atoms with E-state index in [2.05, 4.69) is 22.9 Å². The monoisotopic (exact) mass is 410 g/mol. The van der Waals surface area contributed by atoms with Crippen LogP contribution in [0.25, 0.3) is 0 Å². The first kappa shape index (κ1) is 22.3. The predicted molar refractivity (Wildman–Crippen MR) is 120 cm³/mol. The summed E-state index contributed by atoms with van der Waals surface area (Å²) in [6.07, 6.45) is 12.8. The molecule has 0 saturated carbocycles. The summed E-state index contributed by atoms with van der Waals surface area (Å²) >= 11 is 0. The van der Waals surface area contributed by atoms with E-state index in [9.17, 15) is 15.0 Å². The number of hydrogen-bond acceptors (Lipinski definition) is 4.